The Morgan fingerprint density at radius 1 is 1.03 bits per heavy atom. The lowest BCUT2D eigenvalue weighted by Crippen LogP contribution is -2.37. The van der Waals surface area contributed by atoms with Gasteiger partial charge in [0.1, 0.15) is 11.5 Å². The Balaban J connectivity index is 1.56. The molecule has 4 aromatic rings. The Hall–Kier alpha value is -3.33. The maximum Gasteiger partial charge on any atom is 0.184 e. The van der Waals surface area contributed by atoms with Crippen molar-refractivity contribution in [3.63, 3.8) is 0 Å². The Bertz CT molecular complexity index is 1220. The van der Waals surface area contributed by atoms with Crippen molar-refractivity contribution >= 4 is 17.0 Å². The summed E-state index contributed by atoms with van der Waals surface area (Å²) < 4.78 is 9.76. The Kier molecular flexibility index (Phi) is 4.41. The summed E-state index contributed by atoms with van der Waals surface area (Å²) in [4.78, 5) is 21.3. The van der Waals surface area contributed by atoms with Crippen LogP contribution in [0.2, 0.25) is 0 Å². The molecule has 1 saturated carbocycles. The number of aromatic nitrogens is 7. The molecule has 0 aromatic carbocycles. The summed E-state index contributed by atoms with van der Waals surface area (Å²) in [5, 5.41) is 4.77. The van der Waals surface area contributed by atoms with Gasteiger partial charge >= 0.3 is 0 Å². The zero-order valence-corrected chi connectivity index (χ0v) is 17.5. The van der Waals surface area contributed by atoms with Crippen molar-refractivity contribution in [3.8, 4) is 22.9 Å². The molecule has 2 aliphatic rings. The number of hydrogen-bond acceptors (Lipinski definition) is 7. The maximum absolute atomic E-state index is 5.57. The highest BCUT2D eigenvalue weighted by Crippen LogP contribution is 2.35. The fraction of sp³-hybridized carbons (Fsp3) is 0.409. The minimum atomic E-state index is 0.524. The molecule has 5 heterocycles. The van der Waals surface area contributed by atoms with Crippen LogP contribution in [-0.2, 0) is 11.3 Å². The van der Waals surface area contributed by atoms with Crippen molar-refractivity contribution in [1.82, 2.24) is 34.3 Å². The fourth-order valence-electron chi connectivity index (χ4n) is 4.12. The molecule has 1 saturated heterocycles. The molecule has 0 atom stereocenters. The van der Waals surface area contributed by atoms with E-state index in [9.17, 15) is 0 Å². The van der Waals surface area contributed by atoms with Crippen LogP contribution in [0.1, 0.15) is 25.8 Å². The van der Waals surface area contributed by atoms with Crippen molar-refractivity contribution in [2.45, 2.75) is 32.4 Å². The minimum Gasteiger partial charge on any atom is -0.378 e. The van der Waals surface area contributed by atoms with Crippen LogP contribution >= 0.6 is 0 Å². The molecule has 0 unspecified atom stereocenters. The van der Waals surface area contributed by atoms with Gasteiger partial charge in [-0.2, -0.15) is 5.10 Å². The van der Waals surface area contributed by atoms with E-state index in [4.69, 9.17) is 24.8 Å². The number of anilines is 1. The maximum atomic E-state index is 5.57. The van der Waals surface area contributed by atoms with Crippen LogP contribution in [-0.4, -0.2) is 60.6 Å². The van der Waals surface area contributed by atoms with Gasteiger partial charge in [-0.1, -0.05) is 0 Å². The molecule has 0 bridgehead atoms. The number of hydrogen-bond donors (Lipinski definition) is 0. The van der Waals surface area contributed by atoms with Gasteiger partial charge in [0, 0.05) is 43.8 Å². The first-order valence-corrected chi connectivity index (χ1v) is 10.9. The number of nitrogens with zero attached hydrogens (tertiary/aromatic N) is 8. The van der Waals surface area contributed by atoms with Crippen LogP contribution in [0, 0.1) is 0 Å². The highest BCUT2D eigenvalue weighted by atomic mass is 16.5. The van der Waals surface area contributed by atoms with E-state index in [1.165, 1.54) is 12.8 Å². The van der Waals surface area contributed by atoms with Gasteiger partial charge in [0.2, 0.25) is 0 Å². The number of imidazole rings is 1. The average Bonchev–Trinajstić information content (AvgIpc) is 3.43. The number of fused-ring (bicyclic) bond motifs is 1. The Morgan fingerprint density at radius 3 is 2.58 bits per heavy atom. The predicted octanol–water partition coefficient (Wildman–Crippen LogP) is 2.94. The first-order valence-electron chi connectivity index (χ1n) is 10.9. The van der Waals surface area contributed by atoms with E-state index in [-0.39, 0.29) is 0 Å². The number of ether oxygens (including phenoxy) is 1. The van der Waals surface area contributed by atoms with Gasteiger partial charge in [-0.05, 0) is 38.0 Å². The van der Waals surface area contributed by atoms with E-state index in [1.54, 1.807) is 12.4 Å². The summed E-state index contributed by atoms with van der Waals surface area (Å²) in [5.74, 6) is 2.38. The molecule has 6 rings (SSSR count). The third kappa shape index (κ3) is 3.25. The lowest BCUT2D eigenvalue weighted by molar-refractivity contribution is 0.122. The minimum absolute atomic E-state index is 0.524. The van der Waals surface area contributed by atoms with Gasteiger partial charge < -0.3 is 14.2 Å². The van der Waals surface area contributed by atoms with Gasteiger partial charge in [0.05, 0.1) is 19.3 Å². The largest absolute Gasteiger partial charge is 0.378 e. The van der Waals surface area contributed by atoms with Crippen LogP contribution in [0.3, 0.4) is 0 Å². The Labute approximate surface area is 179 Å². The van der Waals surface area contributed by atoms with Crippen molar-refractivity contribution in [2.75, 3.05) is 31.2 Å². The van der Waals surface area contributed by atoms with Crippen molar-refractivity contribution in [3.05, 3.63) is 36.8 Å². The molecule has 31 heavy (non-hydrogen) atoms. The molecular weight excluding hydrogens is 392 g/mol. The van der Waals surface area contributed by atoms with Gasteiger partial charge in [-0.3, -0.25) is 9.67 Å². The molecule has 158 valence electrons. The zero-order valence-electron chi connectivity index (χ0n) is 17.5. The summed E-state index contributed by atoms with van der Waals surface area (Å²) in [6, 6.07) is 6.50. The van der Waals surface area contributed by atoms with Crippen LogP contribution in [0.25, 0.3) is 34.1 Å². The summed E-state index contributed by atoms with van der Waals surface area (Å²) in [5.41, 5.74) is 3.47. The second kappa shape index (κ2) is 7.42. The van der Waals surface area contributed by atoms with Crippen molar-refractivity contribution < 1.29 is 4.74 Å². The van der Waals surface area contributed by atoms with E-state index in [0.29, 0.717) is 25.1 Å². The highest BCUT2D eigenvalue weighted by molar-refractivity contribution is 5.88. The first kappa shape index (κ1) is 18.4. The number of morpholine rings is 1. The lowest BCUT2D eigenvalue weighted by Gasteiger charge is -2.28. The topological polar surface area (TPSA) is 86.8 Å². The second-order valence-electron chi connectivity index (χ2n) is 7.97. The second-order valence-corrected chi connectivity index (χ2v) is 7.97. The predicted molar refractivity (Wildman–Crippen MR) is 117 cm³/mol. The number of aryl methyl sites for hydroxylation is 1. The van der Waals surface area contributed by atoms with Crippen LogP contribution in [0.5, 0.6) is 0 Å². The van der Waals surface area contributed by atoms with Gasteiger partial charge in [0.15, 0.2) is 22.8 Å². The van der Waals surface area contributed by atoms with Crippen LogP contribution < -0.4 is 4.90 Å². The van der Waals surface area contributed by atoms with E-state index in [1.807, 2.05) is 29.1 Å². The molecule has 0 N–H and O–H groups in total. The van der Waals surface area contributed by atoms with Crippen LogP contribution in [0.4, 0.5) is 5.82 Å². The van der Waals surface area contributed by atoms with Gasteiger partial charge in [-0.25, -0.2) is 15.0 Å². The molecule has 1 aliphatic carbocycles. The van der Waals surface area contributed by atoms with Gasteiger partial charge in [0.25, 0.3) is 0 Å². The molecular formula is C22H24N8O. The molecule has 0 spiro atoms. The van der Waals surface area contributed by atoms with Crippen LogP contribution in [0.15, 0.2) is 36.8 Å². The van der Waals surface area contributed by atoms with E-state index >= 15 is 0 Å². The summed E-state index contributed by atoms with van der Waals surface area (Å²) in [7, 11) is 0. The standard InChI is InChI=1S/C22H24N8O/c1-2-29-20(15-5-8-23-9-6-15)24-18-21(28-11-13-31-14-12-28)25-19(26-22(18)29)17-7-10-30(27-17)16-3-4-16/h5-10,16H,2-4,11-14H2,1H3. The van der Waals surface area contributed by atoms with Crippen molar-refractivity contribution in [2.24, 2.45) is 0 Å². The van der Waals surface area contributed by atoms with E-state index in [2.05, 4.69) is 21.4 Å². The molecule has 0 radical (unpaired) electrons. The van der Waals surface area contributed by atoms with Crippen molar-refractivity contribution in [1.29, 1.82) is 0 Å². The SMILES string of the molecule is CCn1c(-c2ccncc2)nc2c(N3CCOCC3)nc(-c3ccn(C4CC4)n3)nc21. The molecule has 0 amide bonds. The molecule has 4 aromatic heterocycles. The third-order valence-electron chi connectivity index (χ3n) is 5.90. The summed E-state index contributed by atoms with van der Waals surface area (Å²) >= 11 is 0. The fourth-order valence-corrected chi connectivity index (χ4v) is 4.12. The summed E-state index contributed by atoms with van der Waals surface area (Å²) in [6.45, 7) is 5.80. The molecule has 1 aliphatic heterocycles. The van der Waals surface area contributed by atoms with Gasteiger partial charge in [-0.15, -0.1) is 0 Å². The lowest BCUT2D eigenvalue weighted by atomic mass is 10.2. The molecule has 9 nitrogen and oxygen atoms in total. The monoisotopic (exact) mass is 416 g/mol. The Morgan fingerprint density at radius 2 is 1.84 bits per heavy atom. The zero-order chi connectivity index (χ0) is 20.8. The summed E-state index contributed by atoms with van der Waals surface area (Å²) in [6.07, 6.45) is 8.00. The third-order valence-corrected chi connectivity index (χ3v) is 5.90. The average molecular weight is 416 g/mol. The number of pyridine rings is 1. The smallest absolute Gasteiger partial charge is 0.184 e. The highest BCUT2D eigenvalue weighted by Gasteiger charge is 2.27. The number of rotatable bonds is 5. The first-order chi connectivity index (χ1) is 15.3. The molecule has 2 fully saturated rings. The quantitative estimate of drug-likeness (QED) is 0.494. The van der Waals surface area contributed by atoms with E-state index < -0.39 is 0 Å². The molecule has 9 heteroatoms. The normalized spacial score (nSPS) is 16.9. The van der Waals surface area contributed by atoms with E-state index in [0.717, 1.165) is 53.7 Å².